The van der Waals surface area contributed by atoms with Crippen molar-refractivity contribution in [3.8, 4) is 5.75 Å². The molecule has 0 bridgehead atoms. The summed E-state index contributed by atoms with van der Waals surface area (Å²) in [6.45, 7) is 12.3. The molecule has 0 atom stereocenters. The maximum atomic E-state index is 12.5. The number of hydrogen-bond donors (Lipinski definition) is 1. The minimum atomic E-state index is -0.193. The molecule has 0 fully saturated rings. The summed E-state index contributed by atoms with van der Waals surface area (Å²) in [6.07, 6.45) is 0.894. The summed E-state index contributed by atoms with van der Waals surface area (Å²) in [5, 5.41) is 3.09. The van der Waals surface area contributed by atoms with Gasteiger partial charge in [0, 0.05) is 11.1 Å². The number of ether oxygens (including phenoxy) is 1. The largest absolute Gasteiger partial charge is 0.496 e. The number of amides is 1. The number of benzene rings is 1. The summed E-state index contributed by atoms with van der Waals surface area (Å²) in [4.78, 5) is 12.5. The fraction of sp³-hybridized carbons (Fsp3) is 0.588. The van der Waals surface area contributed by atoms with Gasteiger partial charge in [-0.3, -0.25) is 4.79 Å². The summed E-state index contributed by atoms with van der Waals surface area (Å²) in [7, 11) is 1.67. The number of aryl methyl sites for hydroxylation is 1. The Labute approximate surface area is 122 Å². The molecular formula is C17H27NO2. The molecule has 20 heavy (non-hydrogen) atoms. The summed E-state index contributed by atoms with van der Waals surface area (Å²) < 4.78 is 5.41. The van der Waals surface area contributed by atoms with E-state index < -0.39 is 0 Å². The van der Waals surface area contributed by atoms with E-state index in [0.717, 1.165) is 28.9 Å². The van der Waals surface area contributed by atoms with Crippen molar-refractivity contribution in [2.75, 3.05) is 7.11 Å². The first kappa shape index (κ1) is 16.5. The highest BCUT2D eigenvalue weighted by Gasteiger charge is 2.21. The molecule has 0 saturated carbocycles. The number of carbonyl (C=O) groups excluding carboxylic acids is 1. The third kappa shape index (κ3) is 3.75. The van der Waals surface area contributed by atoms with Gasteiger partial charge in [-0.25, -0.2) is 0 Å². The molecule has 0 aliphatic rings. The van der Waals surface area contributed by atoms with Crippen LogP contribution in [0.4, 0.5) is 0 Å². The lowest BCUT2D eigenvalue weighted by Crippen LogP contribution is -2.43. The molecule has 0 heterocycles. The molecule has 1 amide bonds. The molecular weight excluding hydrogens is 250 g/mol. The second-order valence-electron chi connectivity index (χ2n) is 6.26. The van der Waals surface area contributed by atoms with Gasteiger partial charge >= 0.3 is 0 Å². The van der Waals surface area contributed by atoms with Gasteiger partial charge in [-0.1, -0.05) is 20.8 Å². The van der Waals surface area contributed by atoms with Crippen LogP contribution >= 0.6 is 0 Å². The van der Waals surface area contributed by atoms with E-state index in [1.165, 1.54) is 0 Å². The monoisotopic (exact) mass is 277 g/mol. The molecule has 1 aromatic carbocycles. The van der Waals surface area contributed by atoms with Gasteiger partial charge in [0.05, 0.1) is 7.11 Å². The van der Waals surface area contributed by atoms with Crippen molar-refractivity contribution >= 4 is 5.91 Å². The van der Waals surface area contributed by atoms with Crippen molar-refractivity contribution in [1.29, 1.82) is 0 Å². The Bertz CT molecular complexity index is 490. The van der Waals surface area contributed by atoms with E-state index in [1.807, 2.05) is 32.9 Å². The van der Waals surface area contributed by atoms with Crippen LogP contribution in [0.2, 0.25) is 0 Å². The number of carbonyl (C=O) groups is 1. The number of rotatable bonds is 5. The van der Waals surface area contributed by atoms with Crippen molar-refractivity contribution in [3.63, 3.8) is 0 Å². The van der Waals surface area contributed by atoms with Crippen LogP contribution in [0.5, 0.6) is 5.75 Å². The first-order chi connectivity index (χ1) is 9.21. The highest BCUT2D eigenvalue weighted by atomic mass is 16.5. The van der Waals surface area contributed by atoms with Gasteiger partial charge in [-0.2, -0.15) is 0 Å². The van der Waals surface area contributed by atoms with Gasteiger partial charge in [0.25, 0.3) is 5.91 Å². The Morgan fingerprint density at radius 2 is 1.95 bits per heavy atom. The molecule has 0 saturated heterocycles. The Hall–Kier alpha value is -1.51. The molecule has 0 spiro atoms. The molecule has 0 radical (unpaired) electrons. The standard InChI is InChI=1S/C17H27NO2/c1-8-17(5,6)18-16(19)14-10-13(11(2)3)15(20-7)9-12(14)4/h9-11H,8H2,1-7H3,(H,18,19). The molecule has 0 aliphatic carbocycles. The third-order valence-corrected chi connectivity index (χ3v) is 3.78. The number of methoxy groups -OCH3 is 1. The smallest absolute Gasteiger partial charge is 0.251 e. The summed E-state index contributed by atoms with van der Waals surface area (Å²) in [6, 6.07) is 3.91. The molecule has 1 N–H and O–H groups in total. The van der Waals surface area contributed by atoms with Gasteiger partial charge < -0.3 is 10.1 Å². The van der Waals surface area contributed by atoms with Crippen molar-refractivity contribution in [2.24, 2.45) is 0 Å². The summed E-state index contributed by atoms with van der Waals surface area (Å²) in [5.41, 5.74) is 2.55. The SMILES string of the molecule is CCC(C)(C)NC(=O)c1cc(C(C)C)c(OC)cc1C. The van der Waals surface area contributed by atoms with Crippen molar-refractivity contribution in [3.05, 3.63) is 28.8 Å². The van der Waals surface area contributed by atoms with Crippen molar-refractivity contribution < 1.29 is 9.53 Å². The van der Waals surface area contributed by atoms with Gasteiger partial charge in [-0.05, 0) is 56.4 Å². The maximum Gasteiger partial charge on any atom is 0.251 e. The molecule has 0 aromatic heterocycles. The normalized spacial score (nSPS) is 11.6. The van der Waals surface area contributed by atoms with E-state index in [2.05, 4.69) is 26.1 Å². The van der Waals surface area contributed by atoms with E-state index in [9.17, 15) is 4.79 Å². The molecule has 112 valence electrons. The van der Waals surface area contributed by atoms with Gasteiger partial charge in [-0.15, -0.1) is 0 Å². The first-order valence-electron chi connectivity index (χ1n) is 7.23. The first-order valence-corrected chi connectivity index (χ1v) is 7.23. The summed E-state index contributed by atoms with van der Waals surface area (Å²) >= 11 is 0. The second kappa shape index (κ2) is 6.29. The zero-order valence-corrected chi connectivity index (χ0v) is 13.8. The van der Waals surface area contributed by atoms with Crippen molar-refractivity contribution in [2.45, 2.75) is 59.4 Å². The van der Waals surface area contributed by atoms with E-state index in [-0.39, 0.29) is 11.4 Å². The van der Waals surface area contributed by atoms with Crippen LogP contribution in [-0.2, 0) is 0 Å². The molecule has 3 nitrogen and oxygen atoms in total. The average Bonchev–Trinajstić information content (AvgIpc) is 2.37. The number of hydrogen-bond acceptors (Lipinski definition) is 2. The van der Waals surface area contributed by atoms with Crippen LogP contribution in [0.15, 0.2) is 12.1 Å². The molecule has 0 unspecified atom stereocenters. The summed E-state index contributed by atoms with van der Waals surface area (Å²) in [5.74, 6) is 1.15. The molecule has 1 aromatic rings. The van der Waals surface area contributed by atoms with E-state index in [4.69, 9.17) is 4.74 Å². The minimum Gasteiger partial charge on any atom is -0.496 e. The zero-order chi connectivity index (χ0) is 15.5. The van der Waals surface area contributed by atoms with E-state index >= 15 is 0 Å². The van der Waals surface area contributed by atoms with Crippen LogP contribution in [0.3, 0.4) is 0 Å². The van der Waals surface area contributed by atoms with Crippen LogP contribution < -0.4 is 10.1 Å². The van der Waals surface area contributed by atoms with Crippen LogP contribution in [0.1, 0.15) is 68.4 Å². The zero-order valence-electron chi connectivity index (χ0n) is 13.8. The van der Waals surface area contributed by atoms with Gasteiger partial charge in [0.1, 0.15) is 5.75 Å². The topological polar surface area (TPSA) is 38.3 Å². The average molecular weight is 277 g/mol. The quantitative estimate of drug-likeness (QED) is 0.882. The van der Waals surface area contributed by atoms with Crippen LogP contribution in [0, 0.1) is 6.92 Å². The van der Waals surface area contributed by atoms with Gasteiger partial charge in [0.15, 0.2) is 0 Å². The Morgan fingerprint density at radius 3 is 2.40 bits per heavy atom. The highest BCUT2D eigenvalue weighted by Crippen LogP contribution is 2.29. The Kier molecular flexibility index (Phi) is 5.21. The van der Waals surface area contributed by atoms with E-state index in [0.29, 0.717) is 5.92 Å². The lowest BCUT2D eigenvalue weighted by molar-refractivity contribution is 0.0910. The molecule has 1 rings (SSSR count). The Balaban J connectivity index is 3.18. The van der Waals surface area contributed by atoms with Crippen molar-refractivity contribution in [1.82, 2.24) is 5.32 Å². The minimum absolute atomic E-state index is 0.0149. The molecule has 3 heteroatoms. The fourth-order valence-corrected chi connectivity index (χ4v) is 2.03. The Morgan fingerprint density at radius 1 is 1.35 bits per heavy atom. The third-order valence-electron chi connectivity index (χ3n) is 3.78. The lowest BCUT2D eigenvalue weighted by Gasteiger charge is -2.25. The lowest BCUT2D eigenvalue weighted by atomic mass is 9.95. The van der Waals surface area contributed by atoms with Crippen LogP contribution in [-0.4, -0.2) is 18.6 Å². The predicted octanol–water partition coefficient (Wildman–Crippen LogP) is 4.05. The second-order valence-corrected chi connectivity index (χ2v) is 6.26. The van der Waals surface area contributed by atoms with Gasteiger partial charge in [0.2, 0.25) is 0 Å². The van der Waals surface area contributed by atoms with Crippen LogP contribution in [0.25, 0.3) is 0 Å². The fourth-order valence-electron chi connectivity index (χ4n) is 2.03. The maximum absolute atomic E-state index is 12.5. The highest BCUT2D eigenvalue weighted by molar-refractivity contribution is 5.96. The predicted molar refractivity (Wildman–Crippen MR) is 83.7 cm³/mol. The molecule has 0 aliphatic heterocycles. The van der Waals surface area contributed by atoms with E-state index in [1.54, 1.807) is 7.11 Å². The number of nitrogens with one attached hydrogen (secondary N) is 1.